The third-order valence-corrected chi connectivity index (χ3v) is 7.78. The lowest BCUT2D eigenvalue weighted by molar-refractivity contribution is -0.114. The number of hydrazone groups is 1. The molecule has 8 heteroatoms. The van der Waals surface area contributed by atoms with E-state index in [4.69, 9.17) is 5.41 Å². The van der Waals surface area contributed by atoms with Gasteiger partial charge in [0, 0.05) is 40.5 Å². The minimum absolute atomic E-state index is 0.0593. The van der Waals surface area contributed by atoms with E-state index in [2.05, 4.69) is 58.0 Å². The summed E-state index contributed by atoms with van der Waals surface area (Å²) in [5.74, 6) is -0.347. The molecule has 0 saturated heterocycles. The molecule has 4 heterocycles. The molecular weight excluding hydrogens is 474 g/mol. The van der Waals surface area contributed by atoms with Crippen LogP contribution in [-0.2, 0) is 17.8 Å². The number of para-hydroxylation sites is 1. The van der Waals surface area contributed by atoms with Gasteiger partial charge in [0.25, 0.3) is 5.91 Å². The van der Waals surface area contributed by atoms with E-state index in [1.165, 1.54) is 32.8 Å². The number of fused-ring (bicyclic) bond motifs is 2. The highest BCUT2D eigenvalue weighted by Crippen LogP contribution is 2.31. The van der Waals surface area contributed by atoms with Gasteiger partial charge >= 0.3 is 0 Å². The summed E-state index contributed by atoms with van der Waals surface area (Å²) in [5.41, 5.74) is 4.63. The number of aromatic nitrogens is 1. The van der Waals surface area contributed by atoms with Crippen molar-refractivity contribution in [2.45, 2.75) is 19.9 Å². The van der Waals surface area contributed by atoms with Crippen LogP contribution in [0.25, 0.3) is 17.0 Å². The molecule has 1 amide bonds. The number of thioether (sulfide) groups is 1. The number of amidine groups is 2. The summed E-state index contributed by atoms with van der Waals surface area (Å²) in [5, 5.41) is 19.1. The van der Waals surface area contributed by atoms with Crippen molar-refractivity contribution < 1.29 is 4.79 Å². The zero-order valence-corrected chi connectivity index (χ0v) is 20.6. The maximum atomic E-state index is 12.9. The van der Waals surface area contributed by atoms with E-state index >= 15 is 0 Å². The van der Waals surface area contributed by atoms with Gasteiger partial charge in [0.05, 0.1) is 5.57 Å². The lowest BCUT2D eigenvalue weighted by Crippen LogP contribution is -2.35. The molecule has 0 atom stereocenters. The van der Waals surface area contributed by atoms with Gasteiger partial charge < -0.3 is 4.57 Å². The number of carbonyl (C=O) groups is 1. The molecule has 35 heavy (non-hydrogen) atoms. The number of nitrogens with zero attached hydrogens (tertiary/aromatic N) is 4. The van der Waals surface area contributed by atoms with E-state index in [1.807, 2.05) is 35.8 Å². The number of nitrogens with one attached hydrogen (secondary N) is 1. The molecule has 6 rings (SSSR count). The maximum absolute atomic E-state index is 12.9. The summed E-state index contributed by atoms with van der Waals surface area (Å²) in [7, 11) is 0. The molecule has 2 aliphatic heterocycles. The van der Waals surface area contributed by atoms with E-state index < -0.39 is 5.91 Å². The zero-order chi connectivity index (χ0) is 23.9. The third-order valence-electron chi connectivity index (χ3n) is 5.99. The lowest BCUT2D eigenvalue weighted by atomic mass is 10.1. The number of aryl methyl sites for hydroxylation is 1. The topological polar surface area (TPSA) is 73.8 Å². The van der Waals surface area contributed by atoms with Crippen LogP contribution in [0, 0.1) is 12.3 Å². The first-order valence-electron chi connectivity index (χ1n) is 11.2. The van der Waals surface area contributed by atoms with E-state index in [9.17, 15) is 4.79 Å². The van der Waals surface area contributed by atoms with Gasteiger partial charge in [-0.3, -0.25) is 10.2 Å². The summed E-state index contributed by atoms with van der Waals surface area (Å²) in [6, 6.07) is 20.7. The molecule has 6 nitrogen and oxygen atoms in total. The normalized spacial score (nSPS) is 16.7. The van der Waals surface area contributed by atoms with Crippen molar-refractivity contribution >= 4 is 62.0 Å². The zero-order valence-electron chi connectivity index (χ0n) is 18.9. The molecule has 4 aromatic rings. The first-order chi connectivity index (χ1) is 17.0. The highest BCUT2D eigenvalue weighted by atomic mass is 32.2. The maximum Gasteiger partial charge on any atom is 0.283 e. The Morgan fingerprint density at radius 1 is 1.06 bits per heavy atom. The van der Waals surface area contributed by atoms with Crippen LogP contribution in [0.1, 0.15) is 21.6 Å². The number of benzene rings is 2. The molecule has 0 bridgehead atoms. The average Bonchev–Trinajstić information content (AvgIpc) is 3.59. The fraction of sp³-hybridized carbons (Fsp3) is 0.111. The smallest absolute Gasteiger partial charge is 0.283 e. The first kappa shape index (κ1) is 21.8. The Bertz CT molecular complexity index is 1560. The standard InChI is InChI=1S/C27H21N5OS2/c1-17-8-10-18(11-9-17)15-31-16-19(21-6-2-3-7-23(21)31)13-22-25(28)32-27(29-26(22)33)35-24(30-32)14-20-5-4-12-34-20/h2-13,16,28H,14-15H2,1H3/b22-13-,28-25?. The number of thiophene rings is 1. The molecule has 2 aromatic heterocycles. The number of hydrogen-bond donors (Lipinski definition) is 1. The Labute approximate surface area is 210 Å². The fourth-order valence-corrected chi connectivity index (χ4v) is 5.94. The van der Waals surface area contributed by atoms with E-state index in [0.29, 0.717) is 11.6 Å². The highest BCUT2D eigenvalue weighted by molar-refractivity contribution is 8.27. The van der Waals surface area contributed by atoms with Crippen molar-refractivity contribution in [3.05, 3.63) is 99.4 Å². The Hall–Kier alpha value is -3.75. The number of amides is 1. The van der Waals surface area contributed by atoms with Gasteiger partial charge in [-0.2, -0.15) is 15.1 Å². The largest absolute Gasteiger partial charge is 0.342 e. The van der Waals surface area contributed by atoms with Crippen LogP contribution < -0.4 is 0 Å². The average molecular weight is 496 g/mol. The molecule has 172 valence electrons. The van der Waals surface area contributed by atoms with E-state index in [0.717, 1.165) is 28.1 Å². The Balaban J connectivity index is 1.34. The van der Waals surface area contributed by atoms with Crippen molar-refractivity contribution in [2.75, 3.05) is 0 Å². The van der Waals surface area contributed by atoms with Crippen LogP contribution in [0.2, 0.25) is 0 Å². The van der Waals surface area contributed by atoms with E-state index in [-0.39, 0.29) is 11.4 Å². The second-order valence-corrected chi connectivity index (χ2v) is 10.6. The summed E-state index contributed by atoms with van der Waals surface area (Å²) < 4.78 is 2.18. The van der Waals surface area contributed by atoms with Crippen molar-refractivity contribution in [1.82, 2.24) is 9.58 Å². The van der Waals surface area contributed by atoms with Crippen molar-refractivity contribution in [1.29, 1.82) is 5.41 Å². The van der Waals surface area contributed by atoms with Gasteiger partial charge in [-0.25, -0.2) is 0 Å². The van der Waals surface area contributed by atoms with Gasteiger partial charge in [0.2, 0.25) is 5.17 Å². The van der Waals surface area contributed by atoms with Gasteiger partial charge in [0.1, 0.15) is 5.04 Å². The first-order valence-corrected chi connectivity index (χ1v) is 12.9. The van der Waals surface area contributed by atoms with Crippen molar-refractivity contribution in [2.24, 2.45) is 10.1 Å². The number of carbonyl (C=O) groups excluding carboxylic acids is 1. The Morgan fingerprint density at radius 3 is 2.69 bits per heavy atom. The lowest BCUT2D eigenvalue weighted by Gasteiger charge is -2.20. The predicted molar refractivity (Wildman–Crippen MR) is 145 cm³/mol. The molecule has 0 aliphatic carbocycles. The van der Waals surface area contributed by atoms with Crippen LogP contribution in [0.5, 0.6) is 0 Å². The predicted octanol–water partition coefficient (Wildman–Crippen LogP) is 5.92. The molecule has 1 N–H and O–H groups in total. The number of hydrogen-bond acceptors (Lipinski definition) is 5. The Morgan fingerprint density at radius 2 is 1.89 bits per heavy atom. The molecule has 2 aliphatic rings. The molecule has 0 fully saturated rings. The minimum atomic E-state index is -0.406. The highest BCUT2D eigenvalue weighted by Gasteiger charge is 2.35. The van der Waals surface area contributed by atoms with Gasteiger partial charge in [-0.15, -0.1) is 11.3 Å². The van der Waals surface area contributed by atoms with E-state index in [1.54, 1.807) is 17.4 Å². The van der Waals surface area contributed by atoms with Crippen LogP contribution >= 0.6 is 23.1 Å². The second kappa shape index (κ2) is 8.79. The molecule has 0 saturated carbocycles. The van der Waals surface area contributed by atoms with Gasteiger partial charge in [-0.1, -0.05) is 54.1 Å². The number of aliphatic imine (C=N–C) groups is 1. The molecule has 0 spiro atoms. The summed E-state index contributed by atoms with van der Waals surface area (Å²) in [6.45, 7) is 2.80. The van der Waals surface area contributed by atoms with Gasteiger partial charge in [-0.05, 0) is 47.8 Å². The van der Waals surface area contributed by atoms with Crippen LogP contribution in [0.3, 0.4) is 0 Å². The summed E-state index contributed by atoms with van der Waals surface area (Å²) in [6.07, 6.45) is 4.49. The minimum Gasteiger partial charge on any atom is -0.342 e. The SMILES string of the molecule is Cc1ccc(Cn2cc(/C=C3/C(=N)N4N=C(Cc5cccs5)SC4=NC3=O)c3ccccc32)cc1. The molecular formula is C27H21N5OS2. The van der Waals surface area contributed by atoms with Crippen molar-refractivity contribution in [3.63, 3.8) is 0 Å². The van der Waals surface area contributed by atoms with Gasteiger partial charge in [0.15, 0.2) is 5.84 Å². The molecule has 0 unspecified atom stereocenters. The Kier molecular flexibility index (Phi) is 5.47. The van der Waals surface area contributed by atoms with Crippen molar-refractivity contribution in [3.8, 4) is 0 Å². The fourth-order valence-electron chi connectivity index (χ4n) is 4.23. The summed E-state index contributed by atoms with van der Waals surface area (Å²) in [4.78, 5) is 18.4. The second-order valence-electron chi connectivity index (χ2n) is 8.48. The monoisotopic (exact) mass is 495 g/mol. The van der Waals surface area contributed by atoms with Crippen LogP contribution in [0.15, 0.2) is 87.9 Å². The van der Waals surface area contributed by atoms with Crippen LogP contribution in [0.4, 0.5) is 0 Å². The summed E-state index contributed by atoms with van der Waals surface area (Å²) >= 11 is 3.02. The molecule has 0 radical (unpaired) electrons. The third kappa shape index (κ3) is 4.15. The molecule has 2 aromatic carbocycles. The number of rotatable bonds is 5. The van der Waals surface area contributed by atoms with Crippen LogP contribution in [-0.4, -0.2) is 31.5 Å². The quantitative estimate of drug-likeness (QED) is 0.349.